The van der Waals surface area contributed by atoms with Crippen LogP contribution in [0.25, 0.3) is 11.3 Å². The van der Waals surface area contributed by atoms with Crippen LogP contribution >= 0.6 is 23.7 Å². The number of anilines is 1. The molecule has 6 heteroatoms. The average Bonchev–Trinajstić information content (AvgIpc) is 3.09. The predicted molar refractivity (Wildman–Crippen MR) is 98.1 cm³/mol. The highest BCUT2D eigenvalue weighted by Crippen LogP contribution is 2.28. The maximum Gasteiger partial charge on any atom is 0.224 e. The topological polar surface area (TPSA) is 68.0 Å². The van der Waals surface area contributed by atoms with Gasteiger partial charge in [0.1, 0.15) is 0 Å². The quantitative estimate of drug-likeness (QED) is 0.874. The number of carbonyl (C=O) groups excluding carboxylic acids is 1. The molecule has 1 aliphatic carbocycles. The van der Waals surface area contributed by atoms with Crippen LogP contribution in [0.1, 0.15) is 30.7 Å². The molecule has 2 atom stereocenters. The van der Waals surface area contributed by atoms with Crippen LogP contribution in [-0.2, 0) is 4.79 Å². The summed E-state index contributed by atoms with van der Waals surface area (Å²) in [4.78, 5) is 16.7. The molecule has 0 bridgehead atoms. The number of aryl methyl sites for hydroxylation is 1. The molecule has 1 aromatic carbocycles. The lowest BCUT2D eigenvalue weighted by Crippen LogP contribution is -2.28. The lowest BCUT2D eigenvalue weighted by atomic mass is 10.00. The van der Waals surface area contributed by atoms with E-state index in [1.165, 1.54) is 0 Å². The molecule has 3 N–H and O–H groups in total. The van der Waals surface area contributed by atoms with E-state index in [4.69, 9.17) is 5.73 Å². The third-order valence-corrected chi connectivity index (χ3v) is 5.00. The van der Waals surface area contributed by atoms with Gasteiger partial charge < -0.3 is 11.1 Å². The van der Waals surface area contributed by atoms with Crippen LogP contribution < -0.4 is 11.1 Å². The Morgan fingerprint density at radius 3 is 2.91 bits per heavy atom. The number of aromatic nitrogens is 1. The molecule has 1 aliphatic rings. The van der Waals surface area contributed by atoms with E-state index in [0.717, 1.165) is 41.2 Å². The molecule has 124 valence electrons. The minimum atomic E-state index is 0. The van der Waals surface area contributed by atoms with Crippen molar-refractivity contribution in [2.45, 2.75) is 38.6 Å². The summed E-state index contributed by atoms with van der Waals surface area (Å²) in [6, 6.07) is 8.02. The van der Waals surface area contributed by atoms with Crippen molar-refractivity contribution in [3.8, 4) is 11.3 Å². The minimum absolute atomic E-state index is 0. The third kappa shape index (κ3) is 4.53. The van der Waals surface area contributed by atoms with E-state index in [1.807, 2.05) is 36.6 Å². The SMILES string of the molecule is Cc1nc(-c2cccc(NC(=O)C[C@@H]3CCC[C@H]3N)c2)cs1.Cl. The van der Waals surface area contributed by atoms with E-state index in [1.54, 1.807) is 11.3 Å². The predicted octanol–water partition coefficient (Wildman–Crippen LogP) is 4.00. The number of nitrogens with one attached hydrogen (secondary N) is 1. The van der Waals surface area contributed by atoms with E-state index < -0.39 is 0 Å². The summed E-state index contributed by atoms with van der Waals surface area (Å²) in [6.45, 7) is 1.99. The van der Waals surface area contributed by atoms with Gasteiger partial charge in [-0.15, -0.1) is 23.7 Å². The first-order valence-corrected chi connectivity index (χ1v) is 8.58. The first-order valence-electron chi connectivity index (χ1n) is 7.70. The highest BCUT2D eigenvalue weighted by molar-refractivity contribution is 7.09. The maximum absolute atomic E-state index is 12.2. The van der Waals surface area contributed by atoms with E-state index in [-0.39, 0.29) is 24.4 Å². The Hall–Kier alpha value is -1.43. The summed E-state index contributed by atoms with van der Waals surface area (Å²) >= 11 is 1.63. The summed E-state index contributed by atoms with van der Waals surface area (Å²) in [5.74, 6) is 0.373. The van der Waals surface area contributed by atoms with Crippen molar-refractivity contribution in [1.29, 1.82) is 0 Å². The van der Waals surface area contributed by atoms with Gasteiger partial charge in [-0.05, 0) is 37.8 Å². The van der Waals surface area contributed by atoms with Crippen LogP contribution in [0.4, 0.5) is 5.69 Å². The Kier molecular flexibility index (Phi) is 6.16. The molecule has 1 amide bonds. The second-order valence-electron chi connectivity index (χ2n) is 5.94. The fourth-order valence-electron chi connectivity index (χ4n) is 3.02. The van der Waals surface area contributed by atoms with Gasteiger partial charge in [0.15, 0.2) is 0 Å². The Morgan fingerprint density at radius 1 is 1.43 bits per heavy atom. The zero-order chi connectivity index (χ0) is 15.5. The van der Waals surface area contributed by atoms with Crippen molar-refractivity contribution in [1.82, 2.24) is 4.98 Å². The molecule has 0 radical (unpaired) electrons. The monoisotopic (exact) mass is 351 g/mol. The first-order chi connectivity index (χ1) is 10.6. The maximum atomic E-state index is 12.2. The molecule has 0 spiro atoms. The number of nitrogens with zero attached hydrogens (tertiary/aromatic N) is 1. The summed E-state index contributed by atoms with van der Waals surface area (Å²) in [7, 11) is 0. The molecule has 1 saturated carbocycles. The largest absolute Gasteiger partial charge is 0.327 e. The van der Waals surface area contributed by atoms with Crippen molar-refractivity contribution in [2.75, 3.05) is 5.32 Å². The summed E-state index contributed by atoms with van der Waals surface area (Å²) < 4.78 is 0. The molecule has 1 heterocycles. The third-order valence-electron chi connectivity index (χ3n) is 4.23. The van der Waals surface area contributed by atoms with Crippen LogP contribution in [-0.4, -0.2) is 16.9 Å². The second kappa shape index (κ2) is 7.90. The Balaban J connectivity index is 0.00000192. The zero-order valence-corrected chi connectivity index (χ0v) is 14.8. The fraction of sp³-hybridized carbons (Fsp3) is 0.412. The molecule has 3 rings (SSSR count). The average molecular weight is 352 g/mol. The van der Waals surface area contributed by atoms with E-state index in [2.05, 4.69) is 10.3 Å². The number of amides is 1. The van der Waals surface area contributed by atoms with E-state index in [9.17, 15) is 4.79 Å². The van der Waals surface area contributed by atoms with Gasteiger partial charge in [0.2, 0.25) is 5.91 Å². The lowest BCUT2D eigenvalue weighted by Gasteiger charge is -2.15. The number of thiazole rings is 1. The van der Waals surface area contributed by atoms with Crippen molar-refractivity contribution >= 4 is 35.3 Å². The van der Waals surface area contributed by atoms with Crippen LogP contribution in [0.15, 0.2) is 29.6 Å². The molecule has 0 unspecified atom stereocenters. The fourth-order valence-corrected chi connectivity index (χ4v) is 3.64. The molecule has 0 aliphatic heterocycles. The Labute approximate surface area is 146 Å². The molecule has 1 fully saturated rings. The van der Waals surface area contributed by atoms with Gasteiger partial charge in [0.05, 0.1) is 10.7 Å². The summed E-state index contributed by atoms with van der Waals surface area (Å²) in [5, 5.41) is 6.06. The normalized spacial score (nSPS) is 20.1. The molecule has 2 aromatic rings. The number of benzene rings is 1. The van der Waals surface area contributed by atoms with Gasteiger partial charge in [-0.3, -0.25) is 4.79 Å². The van der Waals surface area contributed by atoms with Gasteiger partial charge in [0.25, 0.3) is 0 Å². The van der Waals surface area contributed by atoms with E-state index in [0.29, 0.717) is 12.3 Å². The van der Waals surface area contributed by atoms with Crippen molar-refractivity contribution < 1.29 is 4.79 Å². The lowest BCUT2D eigenvalue weighted by molar-refractivity contribution is -0.117. The van der Waals surface area contributed by atoms with Crippen molar-refractivity contribution in [3.63, 3.8) is 0 Å². The Morgan fingerprint density at radius 2 is 2.26 bits per heavy atom. The van der Waals surface area contributed by atoms with Gasteiger partial charge in [0, 0.05) is 29.1 Å². The van der Waals surface area contributed by atoms with Gasteiger partial charge in [-0.1, -0.05) is 18.6 Å². The summed E-state index contributed by atoms with van der Waals surface area (Å²) in [5.41, 5.74) is 8.84. The molecule has 0 saturated heterocycles. The number of carbonyl (C=O) groups is 1. The minimum Gasteiger partial charge on any atom is -0.327 e. The molecule has 23 heavy (non-hydrogen) atoms. The molecule has 1 aromatic heterocycles. The van der Waals surface area contributed by atoms with Crippen molar-refractivity contribution in [3.05, 3.63) is 34.7 Å². The molecule has 4 nitrogen and oxygen atoms in total. The number of nitrogens with two attached hydrogens (primary N) is 1. The van der Waals surface area contributed by atoms with Crippen LogP contribution in [0.2, 0.25) is 0 Å². The number of halogens is 1. The van der Waals surface area contributed by atoms with Crippen LogP contribution in [0.5, 0.6) is 0 Å². The highest BCUT2D eigenvalue weighted by Gasteiger charge is 2.26. The highest BCUT2D eigenvalue weighted by atomic mass is 35.5. The van der Waals surface area contributed by atoms with E-state index >= 15 is 0 Å². The first kappa shape index (κ1) is 17.9. The van der Waals surface area contributed by atoms with Crippen LogP contribution in [0, 0.1) is 12.8 Å². The molecular weight excluding hydrogens is 330 g/mol. The van der Waals surface area contributed by atoms with Gasteiger partial charge >= 0.3 is 0 Å². The number of hydrogen-bond donors (Lipinski definition) is 2. The zero-order valence-electron chi connectivity index (χ0n) is 13.1. The number of rotatable bonds is 4. The van der Waals surface area contributed by atoms with Crippen LogP contribution in [0.3, 0.4) is 0 Å². The second-order valence-corrected chi connectivity index (χ2v) is 7.00. The van der Waals surface area contributed by atoms with Gasteiger partial charge in [-0.2, -0.15) is 0 Å². The number of hydrogen-bond acceptors (Lipinski definition) is 4. The van der Waals surface area contributed by atoms with Gasteiger partial charge in [-0.25, -0.2) is 4.98 Å². The Bertz CT molecular complexity index is 673. The van der Waals surface area contributed by atoms with Crippen molar-refractivity contribution in [2.24, 2.45) is 11.7 Å². The summed E-state index contributed by atoms with van der Waals surface area (Å²) in [6.07, 6.45) is 3.75. The smallest absolute Gasteiger partial charge is 0.224 e. The molecular formula is C17H22ClN3OS. The standard InChI is InChI=1S/C17H21N3OS.ClH/c1-11-19-16(10-22-11)13-5-2-6-14(8-13)20-17(21)9-12-4-3-7-15(12)18;/h2,5-6,8,10,12,15H,3-4,7,9,18H2,1H3,(H,20,21);1H/t12-,15+;/m0./s1.